The number of nitrogens with one attached hydrogen (secondary N) is 1. The van der Waals surface area contributed by atoms with Crippen LogP contribution in [-0.2, 0) is 17.7 Å². The highest BCUT2D eigenvalue weighted by molar-refractivity contribution is 5.97. The summed E-state index contributed by atoms with van der Waals surface area (Å²) in [6.45, 7) is 9.74. The second-order valence-electron chi connectivity index (χ2n) is 11.6. The predicted molar refractivity (Wildman–Crippen MR) is 162 cm³/mol. The highest BCUT2D eigenvalue weighted by Gasteiger charge is 2.21. The van der Waals surface area contributed by atoms with E-state index in [2.05, 4.69) is 39.3 Å². The maximum atomic E-state index is 12.3. The van der Waals surface area contributed by atoms with Gasteiger partial charge in [0.2, 0.25) is 5.95 Å². The van der Waals surface area contributed by atoms with Gasteiger partial charge in [0.05, 0.1) is 22.6 Å². The Morgan fingerprint density at radius 3 is 2.75 bits per heavy atom. The van der Waals surface area contributed by atoms with E-state index in [1.807, 2.05) is 57.8 Å². The van der Waals surface area contributed by atoms with Gasteiger partial charge in [0, 0.05) is 62.8 Å². The Morgan fingerprint density at radius 2 is 1.98 bits per heavy atom. The van der Waals surface area contributed by atoms with Crippen LogP contribution >= 0.6 is 0 Å². The van der Waals surface area contributed by atoms with Gasteiger partial charge in [-0.05, 0) is 69.9 Å². The van der Waals surface area contributed by atoms with Crippen LogP contribution in [0.5, 0.6) is 0 Å². The van der Waals surface area contributed by atoms with Gasteiger partial charge >= 0.3 is 6.09 Å². The van der Waals surface area contributed by atoms with Gasteiger partial charge in [0.15, 0.2) is 0 Å². The average molecular weight is 542 g/mol. The van der Waals surface area contributed by atoms with Crippen molar-refractivity contribution in [1.82, 2.24) is 19.4 Å². The first-order valence-electron chi connectivity index (χ1n) is 13.8. The lowest BCUT2D eigenvalue weighted by Crippen LogP contribution is -2.38. The second kappa shape index (κ2) is 10.7. The molecule has 1 aliphatic rings. The van der Waals surface area contributed by atoms with E-state index in [1.165, 1.54) is 16.5 Å². The number of aromatic nitrogens is 3. The van der Waals surface area contributed by atoms with Crippen molar-refractivity contribution in [3.8, 4) is 11.3 Å². The first-order chi connectivity index (χ1) is 19.0. The smallest absolute Gasteiger partial charge is 0.410 e. The maximum Gasteiger partial charge on any atom is 0.410 e. The van der Waals surface area contributed by atoms with E-state index in [0.29, 0.717) is 24.7 Å². The molecule has 210 valence electrons. The summed E-state index contributed by atoms with van der Waals surface area (Å²) in [4.78, 5) is 25.3. The van der Waals surface area contributed by atoms with Crippen LogP contribution < -0.4 is 16.0 Å². The van der Waals surface area contributed by atoms with Gasteiger partial charge in [-0.1, -0.05) is 18.2 Å². The number of para-hydroxylation sites is 1. The molecular formula is C31H39N7O2. The fourth-order valence-corrected chi connectivity index (χ4v) is 5.18. The fraction of sp³-hybridized carbons (Fsp3) is 0.387. The summed E-state index contributed by atoms with van der Waals surface area (Å²) in [5, 5.41) is 4.60. The average Bonchev–Trinajstić information content (AvgIpc) is 3.29. The van der Waals surface area contributed by atoms with Gasteiger partial charge in [-0.25, -0.2) is 14.8 Å². The van der Waals surface area contributed by atoms with E-state index in [9.17, 15) is 4.79 Å². The molecule has 0 saturated heterocycles. The predicted octanol–water partition coefficient (Wildman–Crippen LogP) is 5.98. The van der Waals surface area contributed by atoms with Gasteiger partial charge < -0.3 is 30.2 Å². The fourth-order valence-electron chi connectivity index (χ4n) is 5.18. The molecule has 0 unspecified atom stereocenters. The molecule has 2 aromatic carbocycles. The minimum absolute atomic E-state index is 0.343. The Kier molecular flexibility index (Phi) is 7.31. The zero-order chi connectivity index (χ0) is 28.6. The van der Waals surface area contributed by atoms with Gasteiger partial charge in [-0.15, -0.1) is 0 Å². The zero-order valence-electron chi connectivity index (χ0n) is 24.3. The lowest BCUT2D eigenvalue weighted by Gasteiger charge is -2.28. The van der Waals surface area contributed by atoms with Gasteiger partial charge in [0.1, 0.15) is 5.60 Å². The highest BCUT2D eigenvalue weighted by atomic mass is 16.6. The first kappa shape index (κ1) is 27.3. The van der Waals surface area contributed by atoms with Crippen molar-refractivity contribution < 1.29 is 9.53 Å². The number of benzene rings is 2. The number of carbonyl (C=O) groups excluding carboxylic acids is 1. The Hall–Kier alpha value is -4.27. The topological polar surface area (TPSA) is 102 Å². The van der Waals surface area contributed by atoms with Crippen LogP contribution in [0.25, 0.3) is 22.2 Å². The van der Waals surface area contributed by atoms with Crippen LogP contribution in [0.2, 0.25) is 0 Å². The molecule has 0 bridgehead atoms. The summed E-state index contributed by atoms with van der Waals surface area (Å²) in [5.41, 5.74) is 14.1. The van der Waals surface area contributed by atoms with Crippen LogP contribution in [0.15, 0.2) is 48.8 Å². The van der Waals surface area contributed by atoms with Crippen LogP contribution in [0.1, 0.15) is 38.3 Å². The molecule has 3 N–H and O–H groups in total. The lowest BCUT2D eigenvalue weighted by atomic mass is 10.0. The van der Waals surface area contributed by atoms with Crippen molar-refractivity contribution in [2.24, 2.45) is 0 Å². The molecule has 9 nitrogen and oxygen atoms in total. The van der Waals surface area contributed by atoms with Crippen LogP contribution in [0.3, 0.4) is 0 Å². The molecule has 0 spiro atoms. The molecule has 0 fully saturated rings. The Bertz CT molecular complexity index is 1550. The van der Waals surface area contributed by atoms with Crippen molar-refractivity contribution in [3.63, 3.8) is 0 Å². The van der Waals surface area contributed by atoms with E-state index in [0.717, 1.165) is 47.6 Å². The third kappa shape index (κ3) is 5.68. The quantitative estimate of drug-likeness (QED) is 0.278. The van der Waals surface area contributed by atoms with Crippen molar-refractivity contribution >= 4 is 40.0 Å². The number of likely N-dealkylation sites (N-methyl/N-ethyl adjacent to an activating group) is 2. The van der Waals surface area contributed by atoms with Gasteiger partial charge in [0.25, 0.3) is 0 Å². The summed E-state index contributed by atoms with van der Waals surface area (Å²) in [5.74, 6) is 0.520. The van der Waals surface area contributed by atoms with Crippen LogP contribution in [0, 0.1) is 6.92 Å². The normalized spacial score (nSPS) is 12.8. The number of nitrogens with zero attached hydrogens (tertiary/aromatic N) is 5. The number of rotatable bonds is 7. The van der Waals surface area contributed by atoms with E-state index in [-0.39, 0.29) is 6.09 Å². The molecule has 3 heterocycles. The Labute approximate surface area is 236 Å². The number of nitrogen functional groups attached to an aromatic ring is 1. The third-order valence-corrected chi connectivity index (χ3v) is 7.27. The number of ether oxygens (including phenoxy) is 1. The molecule has 9 heteroatoms. The van der Waals surface area contributed by atoms with Crippen molar-refractivity contribution in [3.05, 3.63) is 59.9 Å². The molecule has 0 aliphatic carbocycles. The van der Waals surface area contributed by atoms with E-state index in [1.54, 1.807) is 18.1 Å². The standard InChI is InChI=1S/C31H39N7O2/c1-20-17-27(36(5)15-16-37(6)30(39)40-31(2,3)4)24(32)18-26(20)35-29-33-13-12-25(34-29)23-19-38-14-8-10-21-9-7-11-22(23)28(21)38/h7,9,11-13,17-19H,8,10,14-16,32H2,1-6H3,(H,33,34,35). The molecular weight excluding hydrogens is 502 g/mol. The zero-order valence-corrected chi connectivity index (χ0v) is 24.3. The highest BCUT2D eigenvalue weighted by Crippen LogP contribution is 2.35. The summed E-state index contributed by atoms with van der Waals surface area (Å²) >= 11 is 0. The molecule has 5 rings (SSSR count). The lowest BCUT2D eigenvalue weighted by molar-refractivity contribution is 0.0303. The van der Waals surface area contributed by atoms with E-state index < -0.39 is 5.60 Å². The van der Waals surface area contributed by atoms with Gasteiger partial charge in [-0.2, -0.15) is 0 Å². The Morgan fingerprint density at radius 1 is 1.18 bits per heavy atom. The van der Waals surface area contributed by atoms with Crippen molar-refractivity contribution in [2.75, 3.05) is 43.1 Å². The first-order valence-corrected chi connectivity index (χ1v) is 13.8. The molecule has 2 aromatic heterocycles. The van der Waals surface area contributed by atoms with Gasteiger partial charge in [-0.3, -0.25) is 0 Å². The molecule has 4 aromatic rings. The van der Waals surface area contributed by atoms with E-state index in [4.69, 9.17) is 15.5 Å². The number of hydrogen-bond donors (Lipinski definition) is 2. The minimum Gasteiger partial charge on any atom is -0.444 e. The summed E-state index contributed by atoms with van der Waals surface area (Å²) in [6.07, 6.45) is 5.93. The molecule has 1 aliphatic heterocycles. The molecule has 1 amide bonds. The number of aryl methyl sites for hydroxylation is 3. The number of anilines is 4. The monoisotopic (exact) mass is 541 g/mol. The number of nitrogens with two attached hydrogens (primary N) is 1. The third-order valence-electron chi connectivity index (χ3n) is 7.27. The largest absolute Gasteiger partial charge is 0.444 e. The maximum absolute atomic E-state index is 12.3. The van der Waals surface area contributed by atoms with Crippen molar-refractivity contribution in [2.45, 2.75) is 52.7 Å². The summed E-state index contributed by atoms with van der Waals surface area (Å²) < 4.78 is 7.80. The summed E-state index contributed by atoms with van der Waals surface area (Å²) in [7, 11) is 3.70. The van der Waals surface area contributed by atoms with E-state index >= 15 is 0 Å². The molecule has 0 saturated carbocycles. The minimum atomic E-state index is -0.527. The molecule has 0 atom stereocenters. The van der Waals surface area contributed by atoms with Crippen LogP contribution in [0.4, 0.5) is 27.8 Å². The molecule has 40 heavy (non-hydrogen) atoms. The number of amides is 1. The second-order valence-corrected chi connectivity index (χ2v) is 11.6. The van der Waals surface area contributed by atoms with Crippen LogP contribution in [-0.4, -0.2) is 58.3 Å². The Balaban J connectivity index is 1.31. The number of hydrogen-bond acceptors (Lipinski definition) is 7. The van der Waals surface area contributed by atoms with Crippen molar-refractivity contribution in [1.29, 1.82) is 0 Å². The molecule has 0 radical (unpaired) electrons. The number of carbonyl (C=O) groups is 1. The summed E-state index contributed by atoms with van der Waals surface area (Å²) in [6, 6.07) is 12.5. The SMILES string of the molecule is Cc1cc(N(C)CCN(C)C(=O)OC(C)(C)C)c(N)cc1Nc1nccc(-c2cn3c4c(cccc24)CCC3)n1.